The summed E-state index contributed by atoms with van der Waals surface area (Å²) in [7, 11) is -3.99. The second kappa shape index (κ2) is 9.03. The summed E-state index contributed by atoms with van der Waals surface area (Å²) in [5.41, 5.74) is 0.436. The van der Waals surface area contributed by atoms with Crippen molar-refractivity contribution in [3.05, 3.63) is 71.8 Å². The van der Waals surface area contributed by atoms with E-state index in [1.807, 2.05) is 0 Å². The predicted molar refractivity (Wildman–Crippen MR) is 108 cm³/mol. The Hall–Kier alpha value is -2.64. The number of benzene rings is 2. The second-order valence-corrected chi connectivity index (χ2v) is 8.29. The third kappa shape index (κ3) is 4.99. The summed E-state index contributed by atoms with van der Waals surface area (Å²) in [6.07, 6.45) is 0.540. The van der Waals surface area contributed by atoms with Crippen LogP contribution in [0.5, 0.6) is 0 Å². The summed E-state index contributed by atoms with van der Waals surface area (Å²) in [6.45, 7) is 6.39. The van der Waals surface area contributed by atoms with Crippen molar-refractivity contribution in [2.24, 2.45) is 0 Å². The number of carbonyl (C=O) groups excluding carboxylic acids is 2. The minimum absolute atomic E-state index is 0.0278. The molecule has 0 aromatic heterocycles. The van der Waals surface area contributed by atoms with Gasteiger partial charge < -0.3 is 4.74 Å². The van der Waals surface area contributed by atoms with Gasteiger partial charge >= 0.3 is 5.97 Å². The van der Waals surface area contributed by atoms with Crippen LogP contribution in [0, 0.1) is 0 Å². The minimum atomic E-state index is -3.99. The molecule has 0 heterocycles. The molecule has 0 spiro atoms. The van der Waals surface area contributed by atoms with Crippen molar-refractivity contribution in [2.75, 3.05) is 10.8 Å². The van der Waals surface area contributed by atoms with Crippen molar-refractivity contribution in [3.63, 3.8) is 0 Å². The Morgan fingerprint density at radius 2 is 1.86 bits per heavy atom. The minimum Gasteiger partial charge on any atom is -0.451 e. The van der Waals surface area contributed by atoms with Crippen LogP contribution in [0.15, 0.2) is 66.1 Å². The number of sulfonamides is 1. The molecule has 0 amide bonds. The molecular weight excluding hydrogens is 402 g/mol. The average Bonchev–Trinajstić information content (AvgIpc) is 2.66. The van der Waals surface area contributed by atoms with Crippen molar-refractivity contribution in [2.45, 2.75) is 24.8 Å². The molecule has 2 aromatic carbocycles. The number of Topliss-reactive ketones (excluding diaryl/α,β-unsaturated/α-hetero) is 1. The van der Waals surface area contributed by atoms with Crippen LogP contribution < -0.4 is 4.31 Å². The molecule has 0 saturated heterocycles. The molecule has 0 bridgehead atoms. The summed E-state index contributed by atoms with van der Waals surface area (Å²) >= 11 is 5.88. The molecule has 28 heavy (non-hydrogen) atoms. The van der Waals surface area contributed by atoms with Gasteiger partial charge in [0.2, 0.25) is 0 Å². The van der Waals surface area contributed by atoms with Crippen LogP contribution >= 0.6 is 11.6 Å². The number of halogens is 1. The lowest BCUT2D eigenvalue weighted by molar-refractivity contribution is -0.124. The zero-order valence-corrected chi connectivity index (χ0v) is 17.0. The number of ether oxygens (including phenoxy) is 1. The molecule has 6 nitrogen and oxygen atoms in total. The Kier molecular flexibility index (Phi) is 6.99. The van der Waals surface area contributed by atoms with Gasteiger partial charge in [0.05, 0.1) is 22.7 Å². The summed E-state index contributed by atoms with van der Waals surface area (Å²) < 4.78 is 32.5. The summed E-state index contributed by atoms with van der Waals surface area (Å²) in [4.78, 5) is 23.4. The highest BCUT2D eigenvalue weighted by molar-refractivity contribution is 7.92. The first kappa shape index (κ1) is 21.7. The van der Waals surface area contributed by atoms with Crippen LogP contribution in [-0.4, -0.2) is 32.8 Å². The predicted octanol–water partition coefficient (Wildman–Crippen LogP) is 3.86. The normalized spacial score (nSPS) is 12.1. The Morgan fingerprint density at radius 3 is 2.43 bits per heavy atom. The van der Waals surface area contributed by atoms with Crippen molar-refractivity contribution >= 4 is 39.1 Å². The van der Waals surface area contributed by atoms with Gasteiger partial charge in [-0.3, -0.25) is 9.10 Å². The molecule has 148 valence electrons. The standard InChI is InChI=1S/C20H20ClNO5S/c1-4-12-22(18-10-8-17(21)9-11-18)28(25,26)19-7-5-6-16(13-19)20(24)27-15(3)14(2)23/h4-11,13,15H,1,12H2,2-3H3/t15-/m1/s1. The van der Waals surface area contributed by atoms with Gasteiger partial charge in [-0.1, -0.05) is 23.7 Å². The first-order valence-corrected chi connectivity index (χ1v) is 10.2. The zero-order valence-electron chi connectivity index (χ0n) is 15.5. The van der Waals surface area contributed by atoms with Gasteiger partial charge in [0.15, 0.2) is 11.9 Å². The van der Waals surface area contributed by atoms with E-state index in [4.69, 9.17) is 16.3 Å². The third-order valence-electron chi connectivity index (χ3n) is 3.92. The van der Waals surface area contributed by atoms with Gasteiger partial charge in [0, 0.05) is 5.02 Å². The van der Waals surface area contributed by atoms with Crippen LogP contribution in [0.2, 0.25) is 5.02 Å². The van der Waals surface area contributed by atoms with E-state index in [0.29, 0.717) is 10.7 Å². The van der Waals surface area contributed by atoms with Gasteiger partial charge in [-0.2, -0.15) is 0 Å². The molecule has 1 atom stereocenters. The third-order valence-corrected chi connectivity index (χ3v) is 5.97. The highest BCUT2D eigenvalue weighted by Gasteiger charge is 2.25. The number of nitrogens with zero attached hydrogens (tertiary/aromatic N) is 1. The maximum absolute atomic E-state index is 13.2. The summed E-state index contributed by atoms with van der Waals surface area (Å²) in [5, 5.41) is 0.476. The molecule has 0 aliphatic rings. The number of hydrogen-bond acceptors (Lipinski definition) is 5. The van der Waals surface area contributed by atoms with E-state index in [1.54, 1.807) is 24.3 Å². The molecule has 8 heteroatoms. The van der Waals surface area contributed by atoms with E-state index in [9.17, 15) is 18.0 Å². The van der Waals surface area contributed by atoms with Crippen molar-refractivity contribution in [3.8, 4) is 0 Å². The highest BCUT2D eigenvalue weighted by Crippen LogP contribution is 2.26. The van der Waals surface area contributed by atoms with E-state index in [0.717, 1.165) is 4.31 Å². The fraction of sp³-hybridized carbons (Fsp3) is 0.200. The Balaban J connectivity index is 2.40. The number of ketones is 1. The SMILES string of the molecule is C=CCN(c1ccc(Cl)cc1)S(=O)(=O)c1cccc(C(=O)O[C@H](C)C(C)=O)c1. The number of rotatable bonds is 8. The van der Waals surface area contributed by atoms with Crippen LogP contribution in [0.3, 0.4) is 0 Å². The quantitative estimate of drug-likeness (QED) is 0.477. The molecule has 0 aliphatic carbocycles. The molecule has 2 aromatic rings. The lowest BCUT2D eigenvalue weighted by atomic mass is 10.2. The first-order valence-electron chi connectivity index (χ1n) is 8.37. The molecule has 2 rings (SSSR count). The monoisotopic (exact) mass is 421 g/mol. The lowest BCUT2D eigenvalue weighted by Crippen LogP contribution is -2.31. The number of esters is 1. The zero-order chi connectivity index (χ0) is 20.9. The first-order chi connectivity index (χ1) is 13.2. The molecule has 0 unspecified atom stereocenters. The maximum atomic E-state index is 13.2. The van der Waals surface area contributed by atoms with E-state index in [2.05, 4.69) is 6.58 Å². The maximum Gasteiger partial charge on any atom is 0.338 e. The number of hydrogen-bond donors (Lipinski definition) is 0. The van der Waals surface area contributed by atoms with Gasteiger partial charge in [-0.25, -0.2) is 13.2 Å². The average molecular weight is 422 g/mol. The molecule has 0 fully saturated rings. The Bertz CT molecular complexity index is 986. The van der Waals surface area contributed by atoms with Crippen LogP contribution in [0.1, 0.15) is 24.2 Å². The second-order valence-electron chi connectivity index (χ2n) is 5.99. The van der Waals surface area contributed by atoms with Gasteiger partial charge in [-0.15, -0.1) is 6.58 Å². The van der Waals surface area contributed by atoms with Gasteiger partial charge in [-0.05, 0) is 56.3 Å². The fourth-order valence-electron chi connectivity index (χ4n) is 2.29. The molecule has 0 saturated carbocycles. The number of anilines is 1. The Morgan fingerprint density at radius 1 is 1.21 bits per heavy atom. The van der Waals surface area contributed by atoms with Gasteiger partial charge in [0.25, 0.3) is 10.0 Å². The Labute approximate surface area is 169 Å². The van der Waals surface area contributed by atoms with Crippen molar-refractivity contribution in [1.29, 1.82) is 0 Å². The van der Waals surface area contributed by atoms with Crippen LogP contribution in [0.25, 0.3) is 0 Å². The molecular formula is C20H20ClNO5S. The topological polar surface area (TPSA) is 80.8 Å². The van der Waals surface area contributed by atoms with E-state index in [1.165, 1.54) is 44.2 Å². The summed E-state index contributed by atoms with van der Waals surface area (Å²) in [6, 6.07) is 11.8. The van der Waals surface area contributed by atoms with Crippen LogP contribution in [-0.2, 0) is 19.6 Å². The van der Waals surface area contributed by atoms with E-state index >= 15 is 0 Å². The van der Waals surface area contributed by atoms with E-state index < -0.39 is 22.1 Å². The van der Waals surface area contributed by atoms with E-state index in [-0.39, 0.29) is 22.8 Å². The molecule has 0 aliphatic heterocycles. The van der Waals surface area contributed by atoms with Crippen molar-refractivity contribution in [1.82, 2.24) is 0 Å². The largest absolute Gasteiger partial charge is 0.451 e. The van der Waals surface area contributed by atoms with Crippen molar-refractivity contribution < 1.29 is 22.7 Å². The summed E-state index contributed by atoms with van der Waals surface area (Å²) in [5.74, 6) is -1.08. The van der Waals surface area contributed by atoms with Gasteiger partial charge in [0.1, 0.15) is 0 Å². The molecule has 0 N–H and O–H groups in total. The lowest BCUT2D eigenvalue weighted by Gasteiger charge is -2.23. The number of carbonyl (C=O) groups is 2. The highest BCUT2D eigenvalue weighted by atomic mass is 35.5. The fourth-order valence-corrected chi connectivity index (χ4v) is 3.90. The van der Waals surface area contributed by atoms with Crippen LogP contribution in [0.4, 0.5) is 5.69 Å². The smallest absolute Gasteiger partial charge is 0.338 e. The molecule has 0 radical (unpaired) electrons.